The fourth-order valence-corrected chi connectivity index (χ4v) is 1.69. The van der Waals surface area contributed by atoms with Gasteiger partial charge in [-0.25, -0.2) is 0 Å². The van der Waals surface area contributed by atoms with Gasteiger partial charge in [0.2, 0.25) is 0 Å². The van der Waals surface area contributed by atoms with Crippen molar-refractivity contribution in [3.8, 4) is 0 Å². The normalized spacial score (nSPS) is 14.8. The molecule has 2 atom stereocenters. The van der Waals surface area contributed by atoms with Crippen LogP contribution in [0.3, 0.4) is 0 Å². The van der Waals surface area contributed by atoms with Gasteiger partial charge in [0.15, 0.2) is 0 Å². The Balaban J connectivity index is 3.32. The smallest absolute Gasteiger partial charge is 0.0897 e. The minimum atomic E-state index is -0.458. The maximum absolute atomic E-state index is 9.73. The molecule has 5 heteroatoms. The van der Waals surface area contributed by atoms with E-state index < -0.39 is 6.10 Å². The van der Waals surface area contributed by atoms with Crippen molar-refractivity contribution in [2.24, 2.45) is 0 Å². The van der Waals surface area contributed by atoms with Crippen molar-refractivity contribution in [2.45, 2.75) is 38.8 Å². The Labute approximate surface area is 118 Å². The molecular weight excluding hydrogens is 244 g/mol. The number of aliphatic hydroxyl groups excluding tert-OH is 1. The van der Waals surface area contributed by atoms with Gasteiger partial charge in [-0.2, -0.15) is 0 Å². The van der Waals surface area contributed by atoms with E-state index in [1.54, 1.807) is 0 Å². The predicted octanol–water partition coefficient (Wildman–Crippen LogP) is 0.720. The number of ether oxygens (including phenoxy) is 2. The van der Waals surface area contributed by atoms with Crippen LogP contribution >= 0.6 is 0 Å². The largest absolute Gasteiger partial charge is 0.389 e. The van der Waals surface area contributed by atoms with Gasteiger partial charge >= 0.3 is 0 Å². The van der Waals surface area contributed by atoms with E-state index >= 15 is 0 Å². The Morgan fingerprint density at radius 2 is 1.84 bits per heavy atom. The van der Waals surface area contributed by atoms with Crippen LogP contribution in [0.1, 0.15) is 26.7 Å². The highest BCUT2D eigenvalue weighted by Crippen LogP contribution is 1.90. The molecule has 0 radical (unpaired) electrons. The van der Waals surface area contributed by atoms with Gasteiger partial charge in [0.05, 0.1) is 25.9 Å². The van der Waals surface area contributed by atoms with Gasteiger partial charge in [-0.15, -0.1) is 0 Å². The first-order chi connectivity index (χ1) is 9.06. The first-order valence-corrected chi connectivity index (χ1v) is 7.27. The van der Waals surface area contributed by atoms with Crippen molar-refractivity contribution in [1.29, 1.82) is 0 Å². The van der Waals surface area contributed by atoms with Gasteiger partial charge in [0, 0.05) is 25.7 Å². The first-order valence-electron chi connectivity index (χ1n) is 7.27. The molecule has 0 bridgehead atoms. The molecule has 0 saturated carbocycles. The second kappa shape index (κ2) is 12.8. The first kappa shape index (κ1) is 18.8. The summed E-state index contributed by atoms with van der Waals surface area (Å²) >= 11 is 0. The van der Waals surface area contributed by atoms with E-state index in [-0.39, 0.29) is 0 Å². The molecule has 2 N–H and O–H groups in total. The van der Waals surface area contributed by atoms with E-state index in [1.165, 1.54) is 0 Å². The molecule has 0 aromatic heterocycles. The molecule has 0 spiro atoms. The SMILES string of the molecule is CCCCOCCOCC(O)CNC(C)CN(C)C. The maximum atomic E-state index is 9.73. The number of hydrogen-bond donors (Lipinski definition) is 2. The van der Waals surface area contributed by atoms with Crippen molar-refractivity contribution in [2.75, 3.05) is 53.6 Å². The minimum absolute atomic E-state index is 0.360. The molecule has 0 aliphatic carbocycles. The number of hydrogen-bond acceptors (Lipinski definition) is 5. The molecule has 0 amide bonds. The summed E-state index contributed by atoms with van der Waals surface area (Å²) in [5.74, 6) is 0. The number of nitrogens with zero attached hydrogens (tertiary/aromatic N) is 1. The molecular formula is C14H32N2O3. The summed E-state index contributed by atoms with van der Waals surface area (Å²) in [7, 11) is 4.08. The molecule has 0 saturated heterocycles. The summed E-state index contributed by atoms with van der Waals surface area (Å²) in [5, 5.41) is 13.0. The molecule has 0 aromatic rings. The molecule has 0 aromatic carbocycles. The highest BCUT2D eigenvalue weighted by Gasteiger charge is 2.07. The third-order valence-corrected chi connectivity index (χ3v) is 2.67. The third-order valence-electron chi connectivity index (χ3n) is 2.67. The predicted molar refractivity (Wildman–Crippen MR) is 78.6 cm³/mol. The van der Waals surface area contributed by atoms with Gasteiger partial charge in [-0.1, -0.05) is 13.3 Å². The van der Waals surface area contributed by atoms with Crippen LogP contribution in [0, 0.1) is 0 Å². The van der Waals surface area contributed by atoms with Crippen LogP contribution in [-0.2, 0) is 9.47 Å². The minimum Gasteiger partial charge on any atom is -0.389 e. The molecule has 116 valence electrons. The van der Waals surface area contributed by atoms with E-state index in [2.05, 4.69) is 24.1 Å². The number of likely N-dealkylation sites (N-methyl/N-ethyl adjacent to an activating group) is 1. The molecule has 2 unspecified atom stereocenters. The summed E-state index contributed by atoms with van der Waals surface area (Å²) in [6.07, 6.45) is 1.78. The second-order valence-electron chi connectivity index (χ2n) is 5.27. The van der Waals surface area contributed by atoms with E-state index in [4.69, 9.17) is 9.47 Å². The molecule has 0 aliphatic heterocycles. The van der Waals surface area contributed by atoms with Crippen LogP contribution < -0.4 is 5.32 Å². The molecule has 0 rings (SSSR count). The quantitative estimate of drug-likeness (QED) is 0.486. The highest BCUT2D eigenvalue weighted by molar-refractivity contribution is 4.66. The second-order valence-corrected chi connectivity index (χ2v) is 5.27. The molecule has 0 heterocycles. The van der Waals surface area contributed by atoms with Crippen molar-refractivity contribution < 1.29 is 14.6 Å². The van der Waals surface area contributed by atoms with Crippen molar-refractivity contribution in [3.05, 3.63) is 0 Å². The average Bonchev–Trinajstić information content (AvgIpc) is 2.34. The summed E-state index contributed by atoms with van der Waals surface area (Å²) in [6, 6.07) is 0.363. The standard InChI is InChI=1S/C14H32N2O3/c1-5-6-7-18-8-9-19-12-14(17)10-15-13(2)11-16(3)4/h13-15,17H,5-12H2,1-4H3. The van der Waals surface area contributed by atoms with Crippen LogP contribution in [0.15, 0.2) is 0 Å². The lowest BCUT2D eigenvalue weighted by atomic mass is 10.3. The van der Waals surface area contributed by atoms with Gasteiger partial charge in [0.25, 0.3) is 0 Å². The Bertz CT molecular complexity index is 192. The zero-order valence-corrected chi connectivity index (χ0v) is 13.0. The van der Waals surface area contributed by atoms with E-state index in [0.717, 1.165) is 26.0 Å². The number of aliphatic hydroxyl groups is 1. The van der Waals surface area contributed by atoms with Crippen LogP contribution in [0.2, 0.25) is 0 Å². The Hall–Kier alpha value is -0.200. The lowest BCUT2D eigenvalue weighted by Gasteiger charge is -2.20. The fraction of sp³-hybridized carbons (Fsp3) is 1.00. The summed E-state index contributed by atoms with van der Waals surface area (Å²) in [5.41, 5.74) is 0. The summed E-state index contributed by atoms with van der Waals surface area (Å²) < 4.78 is 10.7. The summed E-state index contributed by atoms with van der Waals surface area (Å²) in [6.45, 7) is 8.08. The van der Waals surface area contributed by atoms with Crippen molar-refractivity contribution >= 4 is 0 Å². The highest BCUT2D eigenvalue weighted by atomic mass is 16.5. The van der Waals surface area contributed by atoms with Crippen molar-refractivity contribution in [1.82, 2.24) is 10.2 Å². The Kier molecular flexibility index (Phi) is 12.7. The van der Waals surface area contributed by atoms with E-state index in [0.29, 0.717) is 32.4 Å². The van der Waals surface area contributed by atoms with E-state index in [9.17, 15) is 5.11 Å². The number of nitrogens with one attached hydrogen (secondary N) is 1. The topological polar surface area (TPSA) is 54.0 Å². The van der Waals surface area contributed by atoms with E-state index in [1.807, 2.05) is 14.1 Å². The van der Waals surface area contributed by atoms with Gasteiger partial charge in [-0.3, -0.25) is 0 Å². The Morgan fingerprint density at radius 3 is 2.47 bits per heavy atom. The maximum Gasteiger partial charge on any atom is 0.0897 e. The Morgan fingerprint density at radius 1 is 1.16 bits per heavy atom. The molecule has 5 nitrogen and oxygen atoms in total. The zero-order chi connectivity index (χ0) is 14.5. The van der Waals surface area contributed by atoms with Gasteiger partial charge in [-0.05, 0) is 27.4 Å². The average molecular weight is 276 g/mol. The monoisotopic (exact) mass is 276 g/mol. The number of unbranched alkanes of at least 4 members (excludes halogenated alkanes) is 1. The van der Waals surface area contributed by atoms with Crippen LogP contribution in [0.5, 0.6) is 0 Å². The molecule has 0 aliphatic rings. The van der Waals surface area contributed by atoms with Crippen LogP contribution in [-0.4, -0.2) is 75.8 Å². The lowest BCUT2D eigenvalue weighted by molar-refractivity contribution is 0.00316. The van der Waals surface area contributed by atoms with Crippen LogP contribution in [0.4, 0.5) is 0 Å². The van der Waals surface area contributed by atoms with Gasteiger partial charge < -0.3 is 24.8 Å². The molecule has 19 heavy (non-hydrogen) atoms. The third kappa shape index (κ3) is 14.0. The number of rotatable bonds is 13. The molecule has 0 fully saturated rings. The van der Waals surface area contributed by atoms with Gasteiger partial charge in [0.1, 0.15) is 0 Å². The summed E-state index contributed by atoms with van der Waals surface area (Å²) in [4.78, 5) is 2.12. The lowest BCUT2D eigenvalue weighted by Crippen LogP contribution is -2.41. The van der Waals surface area contributed by atoms with Crippen LogP contribution in [0.25, 0.3) is 0 Å². The zero-order valence-electron chi connectivity index (χ0n) is 13.0. The fourth-order valence-electron chi connectivity index (χ4n) is 1.69. The van der Waals surface area contributed by atoms with Crippen molar-refractivity contribution in [3.63, 3.8) is 0 Å².